The number of hydrogen-bond acceptors (Lipinski definition) is 16. The van der Waals surface area contributed by atoms with E-state index in [1.165, 1.54) is 94.8 Å². The van der Waals surface area contributed by atoms with Gasteiger partial charge < -0.3 is 40.8 Å². The number of rotatable bonds is 16. The number of carbonyl (C=O) groups excluding carboxylic acids is 5. The van der Waals surface area contributed by atoms with Gasteiger partial charge in [-0.1, -0.05) is 7.43 Å². The van der Waals surface area contributed by atoms with Crippen LogP contribution >= 0.6 is 0 Å². The topological polar surface area (TPSA) is 345 Å². The maximum Gasteiger partial charge on any atom is 0.389 e. The molecular weight excluding hydrogens is 1080 g/mol. The van der Waals surface area contributed by atoms with Crippen molar-refractivity contribution >= 4 is 46.9 Å². The number of carbonyl (C=O) groups is 6. The summed E-state index contributed by atoms with van der Waals surface area (Å²) in [5, 5.41) is 28.7. The van der Waals surface area contributed by atoms with Crippen LogP contribution in [-0.2, 0) is 17.6 Å². The molecule has 0 fully saturated rings. The van der Waals surface area contributed by atoms with E-state index in [0.717, 1.165) is 12.5 Å². The summed E-state index contributed by atoms with van der Waals surface area (Å²) < 4.78 is 93.7. The second kappa shape index (κ2) is 25.7. The van der Waals surface area contributed by atoms with Crippen LogP contribution in [0.3, 0.4) is 0 Å². The number of carboxylic acids is 1. The minimum atomic E-state index is -4.33. The van der Waals surface area contributed by atoms with Crippen LogP contribution in [0.15, 0.2) is 119 Å². The summed E-state index contributed by atoms with van der Waals surface area (Å²) in [5.41, 5.74) is 11.5. The summed E-state index contributed by atoms with van der Waals surface area (Å²) in [4.78, 5) is 88.8. The highest BCUT2D eigenvalue weighted by Crippen LogP contribution is 2.28. The Morgan fingerprint density at radius 2 is 1.02 bits per heavy atom. The molecule has 23 nitrogen and oxygen atoms in total. The van der Waals surface area contributed by atoms with Crippen molar-refractivity contribution in [2.24, 2.45) is 11.5 Å². The van der Waals surface area contributed by atoms with Crippen molar-refractivity contribution in [3.05, 3.63) is 155 Å². The zero-order chi connectivity index (χ0) is 58.7. The number of nitriles is 1. The fourth-order valence-electron chi connectivity index (χ4n) is 6.83. The first-order valence-electron chi connectivity index (χ1n) is 23.0. The van der Waals surface area contributed by atoms with Gasteiger partial charge >= 0.3 is 24.3 Å². The number of carboxylic acid groups (broad SMARTS) is 1. The lowest BCUT2D eigenvalue weighted by Gasteiger charge is -2.19. The summed E-state index contributed by atoms with van der Waals surface area (Å²) >= 11 is 0. The number of oxazole rings is 2. The number of benzene rings is 2. The van der Waals surface area contributed by atoms with Gasteiger partial charge in [-0.05, 0) is 106 Å². The summed E-state index contributed by atoms with van der Waals surface area (Å²) in [7, 11) is 0. The largest absolute Gasteiger partial charge is 0.478 e. The summed E-state index contributed by atoms with van der Waals surface area (Å²) in [5.74, 6) is -5.03. The highest BCUT2D eigenvalue weighted by atomic mass is 19.4. The van der Waals surface area contributed by atoms with Crippen molar-refractivity contribution in [2.45, 2.75) is 71.8 Å². The first-order valence-corrected chi connectivity index (χ1v) is 23.0. The number of alkyl halides is 6. The monoisotopic (exact) mass is 1130 g/mol. The molecule has 81 heavy (non-hydrogen) atoms. The van der Waals surface area contributed by atoms with Crippen molar-refractivity contribution in [2.75, 3.05) is 10.6 Å². The van der Waals surface area contributed by atoms with Crippen LogP contribution in [0.5, 0.6) is 0 Å². The number of aryl methyl sites for hydroxylation is 2. The van der Waals surface area contributed by atoms with Gasteiger partial charge in [0.1, 0.15) is 18.1 Å². The first-order chi connectivity index (χ1) is 37.7. The lowest BCUT2D eigenvalue weighted by Crippen LogP contribution is -2.23. The van der Waals surface area contributed by atoms with E-state index < -0.39 is 66.4 Å². The van der Waals surface area contributed by atoms with Gasteiger partial charge in [0.2, 0.25) is 11.8 Å². The number of nitrogens with one attached hydrogen (secondary N) is 2. The van der Waals surface area contributed by atoms with Gasteiger partial charge in [0, 0.05) is 54.3 Å². The van der Waals surface area contributed by atoms with Gasteiger partial charge in [-0.3, -0.25) is 29.1 Å². The molecule has 4 amide bonds. The van der Waals surface area contributed by atoms with Crippen molar-refractivity contribution in [1.29, 1.82) is 5.26 Å². The molecule has 8 aromatic rings. The smallest absolute Gasteiger partial charge is 0.389 e. The standard InChI is InChI=1S/C27H25F3N6O5.C23H17F3N6O5.CHN.CH4/c1-26(2,3)41-25(39)15-4-6-18(7-5-15)36-13-19(21(35-36)22(31)37)33-23(38)20-14-40-24(34-20)16-9-11-32-17(12-16)8-10-27(28,29)30;24-23(25,26)7-5-14-9-13(6-8-28-14)21-30-17(11-37-21)20(34)29-16-10-32(31-18(16)19(27)33)15-3-1-12(2-4-15)22(35)36;1-2;/h4-7,9,11-14H,8,10H2,1-3H3,(H2,31,37)(H,33,38);1-4,6,8-11H,5,7H2,(H2,27,33)(H,29,34)(H,35,36);1H;1H4. The predicted octanol–water partition coefficient (Wildman–Crippen LogP) is 8.97. The van der Waals surface area contributed by atoms with Crippen LogP contribution in [0.4, 0.5) is 37.7 Å². The number of nitrogens with zero attached hydrogens (tertiary/aromatic N) is 9. The number of aromatic nitrogens is 8. The minimum Gasteiger partial charge on any atom is -0.478 e. The number of primary amides is 2. The Morgan fingerprint density at radius 1 is 0.642 bits per heavy atom. The Balaban J connectivity index is 0.000000286. The van der Waals surface area contributed by atoms with Crippen LogP contribution in [0.25, 0.3) is 34.3 Å². The van der Waals surface area contributed by atoms with E-state index in [4.69, 9.17) is 35.4 Å². The second-order valence-electron chi connectivity index (χ2n) is 17.6. The van der Waals surface area contributed by atoms with Crippen LogP contribution in [0.2, 0.25) is 0 Å². The Hall–Kier alpha value is -10.5. The van der Waals surface area contributed by atoms with Crippen LogP contribution in [0.1, 0.15) is 115 Å². The van der Waals surface area contributed by atoms with Gasteiger partial charge in [-0.15, -0.1) is 0 Å². The number of hydrogen-bond donors (Lipinski definition) is 5. The molecule has 0 unspecified atom stereocenters. The Kier molecular flexibility index (Phi) is 19.5. The number of aromatic carboxylic acids is 1. The number of amides is 4. The molecule has 0 spiro atoms. The van der Waals surface area contributed by atoms with E-state index in [0.29, 0.717) is 28.1 Å². The minimum absolute atomic E-state index is 0. The number of halogens is 6. The molecule has 0 saturated carbocycles. The molecule has 8 rings (SSSR count). The SMILES string of the molecule is C.C#N.CC(C)(C)OC(=O)c1ccc(-n2cc(NC(=O)c3coc(-c4ccnc(CCC(F)(F)F)c4)n3)c(C(N)=O)n2)cc1.NC(=O)c1nn(-c2ccc(C(=O)O)cc2)cc1NC(=O)c1coc(-c2ccnc(CCC(F)(F)F)c2)n1. The maximum absolute atomic E-state index is 12.9. The van der Waals surface area contributed by atoms with E-state index in [9.17, 15) is 55.1 Å². The van der Waals surface area contributed by atoms with E-state index in [2.05, 4.69) is 47.3 Å². The molecule has 7 N–H and O–H groups in total. The van der Waals surface area contributed by atoms with Gasteiger partial charge in [0.25, 0.3) is 23.6 Å². The number of esters is 1. The summed E-state index contributed by atoms with van der Waals surface area (Å²) in [6, 6.07) is 17.5. The van der Waals surface area contributed by atoms with Crippen molar-refractivity contribution in [1.82, 2.24) is 39.5 Å². The molecule has 0 aliphatic carbocycles. The van der Waals surface area contributed by atoms with Crippen LogP contribution < -0.4 is 22.1 Å². The quantitative estimate of drug-likeness (QED) is 0.0445. The zero-order valence-corrected chi connectivity index (χ0v) is 41.9. The molecular formula is C52H47F6N13O10. The molecule has 0 bridgehead atoms. The second-order valence-corrected chi connectivity index (χ2v) is 17.6. The fourth-order valence-corrected chi connectivity index (χ4v) is 6.83. The third-order valence-electron chi connectivity index (χ3n) is 10.5. The lowest BCUT2D eigenvalue weighted by atomic mass is 10.1. The normalized spacial score (nSPS) is 11.1. The van der Waals surface area contributed by atoms with E-state index in [-0.39, 0.29) is 83.2 Å². The van der Waals surface area contributed by atoms with Gasteiger partial charge in [0.15, 0.2) is 22.8 Å². The van der Waals surface area contributed by atoms with E-state index in [1.807, 2.05) is 0 Å². The molecule has 0 radical (unpaired) electrons. The average Bonchev–Trinajstić information content (AvgIpc) is 4.27. The summed E-state index contributed by atoms with van der Waals surface area (Å²) in [6.07, 6.45) is -3.99. The Morgan fingerprint density at radius 3 is 1.37 bits per heavy atom. The fraction of sp³-hybridized carbons (Fsp3) is 0.212. The van der Waals surface area contributed by atoms with Crippen molar-refractivity contribution in [3.8, 4) is 40.9 Å². The first kappa shape index (κ1) is 61.3. The van der Waals surface area contributed by atoms with Gasteiger partial charge in [0.05, 0.1) is 46.3 Å². The van der Waals surface area contributed by atoms with E-state index in [1.54, 1.807) is 32.9 Å². The number of anilines is 2. The van der Waals surface area contributed by atoms with Crippen molar-refractivity contribution in [3.63, 3.8) is 0 Å². The molecule has 29 heteroatoms. The Labute approximate surface area is 454 Å². The molecule has 0 aliphatic heterocycles. The van der Waals surface area contributed by atoms with Crippen LogP contribution in [-0.4, -0.2) is 98.1 Å². The van der Waals surface area contributed by atoms with Gasteiger partial charge in [-0.25, -0.2) is 34.2 Å². The highest BCUT2D eigenvalue weighted by molar-refractivity contribution is 6.08. The van der Waals surface area contributed by atoms with Crippen LogP contribution in [0, 0.1) is 11.8 Å². The predicted molar refractivity (Wildman–Crippen MR) is 274 cm³/mol. The molecule has 0 aliphatic rings. The highest BCUT2D eigenvalue weighted by Gasteiger charge is 2.29. The molecule has 422 valence electrons. The number of pyridine rings is 2. The molecule has 2 aromatic carbocycles. The van der Waals surface area contributed by atoms with Gasteiger partial charge in [-0.2, -0.15) is 36.5 Å². The van der Waals surface area contributed by atoms with E-state index >= 15 is 0 Å². The number of nitrogens with two attached hydrogens (primary N) is 2. The molecule has 0 atom stereocenters. The third-order valence-corrected chi connectivity index (χ3v) is 10.5. The Bertz CT molecular complexity index is 3580. The molecule has 6 heterocycles. The van der Waals surface area contributed by atoms with Crippen molar-refractivity contribution < 1.29 is 73.8 Å². The summed E-state index contributed by atoms with van der Waals surface area (Å²) in [6.45, 7) is 8.76. The third kappa shape index (κ3) is 17.0. The molecule has 6 aromatic heterocycles. The lowest BCUT2D eigenvalue weighted by molar-refractivity contribution is -0.135. The maximum atomic E-state index is 12.9. The zero-order valence-electron chi connectivity index (χ0n) is 41.9. The number of ether oxygens (including phenoxy) is 1. The average molecular weight is 1130 g/mol. The molecule has 0 saturated heterocycles.